The Balaban J connectivity index is 0.00000220. The van der Waals surface area contributed by atoms with Gasteiger partial charge in [-0.1, -0.05) is 30.3 Å². The summed E-state index contributed by atoms with van der Waals surface area (Å²) in [6.45, 7) is 0.287. The third-order valence-corrected chi connectivity index (χ3v) is 3.70. The molecule has 21 heavy (non-hydrogen) atoms. The molecule has 1 aromatic rings. The maximum Gasteiger partial charge on any atom is 0.407 e. The Labute approximate surface area is 131 Å². The van der Waals surface area contributed by atoms with Gasteiger partial charge in [-0.15, -0.1) is 12.4 Å². The Kier molecular flexibility index (Phi) is 7.02. The van der Waals surface area contributed by atoms with Crippen molar-refractivity contribution in [1.29, 1.82) is 5.41 Å². The normalized spacial score (nSPS) is 21.0. The van der Waals surface area contributed by atoms with E-state index in [-0.39, 0.29) is 42.9 Å². The summed E-state index contributed by atoms with van der Waals surface area (Å²) in [5.41, 5.74) is 6.47. The van der Waals surface area contributed by atoms with Crippen molar-refractivity contribution in [1.82, 2.24) is 5.32 Å². The van der Waals surface area contributed by atoms with Crippen molar-refractivity contribution in [3.05, 3.63) is 35.9 Å². The van der Waals surface area contributed by atoms with Crippen molar-refractivity contribution < 1.29 is 9.53 Å². The number of benzene rings is 1. The van der Waals surface area contributed by atoms with Crippen LogP contribution in [0.2, 0.25) is 0 Å². The molecule has 0 radical (unpaired) electrons. The van der Waals surface area contributed by atoms with E-state index in [2.05, 4.69) is 5.32 Å². The zero-order chi connectivity index (χ0) is 14.4. The number of ether oxygens (including phenoxy) is 1. The van der Waals surface area contributed by atoms with Crippen LogP contribution >= 0.6 is 12.4 Å². The molecule has 0 unspecified atom stereocenters. The van der Waals surface area contributed by atoms with E-state index in [0.717, 1.165) is 31.2 Å². The minimum atomic E-state index is -0.375. The van der Waals surface area contributed by atoms with Gasteiger partial charge in [-0.2, -0.15) is 0 Å². The maximum absolute atomic E-state index is 11.7. The number of amides is 1. The monoisotopic (exact) mass is 311 g/mol. The molecule has 0 atom stereocenters. The molecule has 0 spiro atoms. The molecule has 1 saturated carbocycles. The largest absolute Gasteiger partial charge is 0.445 e. The molecule has 0 bridgehead atoms. The number of hydrogen-bond acceptors (Lipinski definition) is 3. The average molecular weight is 312 g/mol. The lowest BCUT2D eigenvalue weighted by Gasteiger charge is -2.28. The quantitative estimate of drug-likeness (QED) is 0.590. The highest BCUT2D eigenvalue weighted by molar-refractivity contribution is 5.85. The third-order valence-electron chi connectivity index (χ3n) is 3.70. The number of carbonyl (C=O) groups is 1. The first-order chi connectivity index (χ1) is 9.65. The SMILES string of the molecule is Cl.N=C(N)C1CCC(NC(=O)OCc2ccccc2)CC1. The van der Waals surface area contributed by atoms with Crippen LogP contribution in [0, 0.1) is 11.3 Å². The molecular weight excluding hydrogens is 290 g/mol. The second-order valence-corrected chi connectivity index (χ2v) is 5.21. The molecule has 116 valence electrons. The molecule has 1 amide bonds. The van der Waals surface area contributed by atoms with Gasteiger partial charge in [0.25, 0.3) is 0 Å². The molecule has 1 aromatic carbocycles. The summed E-state index contributed by atoms with van der Waals surface area (Å²) in [7, 11) is 0. The van der Waals surface area contributed by atoms with Crippen LogP contribution in [-0.2, 0) is 11.3 Å². The lowest BCUT2D eigenvalue weighted by molar-refractivity contribution is 0.132. The Morgan fingerprint density at radius 2 is 1.86 bits per heavy atom. The number of nitrogens with two attached hydrogens (primary N) is 1. The average Bonchev–Trinajstić information content (AvgIpc) is 2.47. The van der Waals surface area contributed by atoms with Crippen LogP contribution in [0.5, 0.6) is 0 Å². The minimum absolute atomic E-state index is 0. The van der Waals surface area contributed by atoms with Gasteiger partial charge in [0.1, 0.15) is 6.61 Å². The fourth-order valence-electron chi connectivity index (χ4n) is 2.48. The van der Waals surface area contributed by atoms with Gasteiger partial charge in [-0.05, 0) is 31.2 Å². The van der Waals surface area contributed by atoms with Crippen LogP contribution in [-0.4, -0.2) is 18.0 Å². The molecule has 1 aliphatic carbocycles. The zero-order valence-corrected chi connectivity index (χ0v) is 12.7. The van der Waals surface area contributed by atoms with Gasteiger partial charge in [-0.3, -0.25) is 5.41 Å². The van der Waals surface area contributed by atoms with E-state index in [1.54, 1.807) is 0 Å². The molecule has 0 aliphatic heterocycles. The van der Waals surface area contributed by atoms with Crippen LogP contribution in [0.1, 0.15) is 31.2 Å². The van der Waals surface area contributed by atoms with Crippen molar-refractivity contribution in [2.75, 3.05) is 0 Å². The van der Waals surface area contributed by atoms with Crippen molar-refractivity contribution in [2.45, 2.75) is 38.3 Å². The number of halogens is 1. The highest BCUT2D eigenvalue weighted by atomic mass is 35.5. The van der Waals surface area contributed by atoms with Crippen molar-refractivity contribution in [3.8, 4) is 0 Å². The number of amidine groups is 1. The van der Waals surface area contributed by atoms with Crippen molar-refractivity contribution in [2.24, 2.45) is 11.7 Å². The van der Waals surface area contributed by atoms with Gasteiger partial charge in [0.2, 0.25) is 0 Å². The summed E-state index contributed by atoms with van der Waals surface area (Å²) in [5.74, 6) is 0.434. The summed E-state index contributed by atoms with van der Waals surface area (Å²) in [5, 5.41) is 10.3. The van der Waals surface area contributed by atoms with Crippen LogP contribution in [0.3, 0.4) is 0 Å². The van der Waals surface area contributed by atoms with Gasteiger partial charge >= 0.3 is 6.09 Å². The van der Waals surface area contributed by atoms with Crippen LogP contribution in [0.4, 0.5) is 4.79 Å². The predicted octanol–water partition coefficient (Wildman–Crippen LogP) is 2.83. The van der Waals surface area contributed by atoms with E-state index in [1.165, 1.54) is 0 Å². The first kappa shape index (κ1) is 17.3. The Morgan fingerprint density at radius 1 is 1.24 bits per heavy atom. The second-order valence-electron chi connectivity index (χ2n) is 5.21. The molecule has 0 saturated heterocycles. The van der Waals surface area contributed by atoms with Gasteiger partial charge < -0.3 is 15.8 Å². The third kappa shape index (κ3) is 5.63. The summed E-state index contributed by atoms with van der Waals surface area (Å²) in [4.78, 5) is 11.7. The second kappa shape index (κ2) is 8.52. The van der Waals surface area contributed by atoms with E-state index < -0.39 is 0 Å². The summed E-state index contributed by atoms with van der Waals surface area (Å²) in [6.07, 6.45) is 3.05. The smallest absolute Gasteiger partial charge is 0.407 e. The molecule has 0 aromatic heterocycles. The fourth-order valence-corrected chi connectivity index (χ4v) is 2.48. The molecule has 5 nitrogen and oxygen atoms in total. The van der Waals surface area contributed by atoms with Crippen LogP contribution in [0.25, 0.3) is 0 Å². The van der Waals surface area contributed by atoms with Crippen molar-refractivity contribution in [3.63, 3.8) is 0 Å². The zero-order valence-electron chi connectivity index (χ0n) is 11.9. The first-order valence-corrected chi connectivity index (χ1v) is 6.96. The van der Waals surface area contributed by atoms with E-state index in [1.807, 2.05) is 30.3 Å². The molecular formula is C15H22ClN3O2. The highest BCUT2D eigenvalue weighted by Crippen LogP contribution is 2.24. The lowest BCUT2D eigenvalue weighted by Crippen LogP contribution is -2.39. The number of carbonyl (C=O) groups excluding carboxylic acids is 1. The summed E-state index contributed by atoms with van der Waals surface area (Å²) < 4.78 is 5.19. The molecule has 2 rings (SSSR count). The Morgan fingerprint density at radius 3 is 2.43 bits per heavy atom. The Bertz CT molecular complexity index is 459. The molecule has 0 heterocycles. The highest BCUT2D eigenvalue weighted by Gasteiger charge is 2.24. The van der Waals surface area contributed by atoms with Crippen LogP contribution in [0.15, 0.2) is 30.3 Å². The van der Waals surface area contributed by atoms with E-state index in [4.69, 9.17) is 15.9 Å². The molecule has 4 N–H and O–H groups in total. The lowest BCUT2D eigenvalue weighted by atomic mass is 9.85. The van der Waals surface area contributed by atoms with Crippen molar-refractivity contribution >= 4 is 24.3 Å². The molecule has 1 fully saturated rings. The number of hydrogen-bond donors (Lipinski definition) is 3. The topological polar surface area (TPSA) is 88.2 Å². The van der Waals surface area contributed by atoms with Crippen LogP contribution < -0.4 is 11.1 Å². The maximum atomic E-state index is 11.7. The summed E-state index contributed by atoms with van der Waals surface area (Å²) >= 11 is 0. The van der Waals surface area contributed by atoms with E-state index >= 15 is 0 Å². The summed E-state index contributed by atoms with van der Waals surface area (Å²) in [6, 6.07) is 9.74. The Hall–Kier alpha value is -1.75. The molecule has 1 aliphatic rings. The molecule has 6 heteroatoms. The fraction of sp³-hybridized carbons (Fsp3) is 0.467. The minimum Gasteiger partial charge on any atom is -0.445 e. The number of alkyl carbamates (subject to hydrolysis) is 1. The van der Waals surface area contributed by atoms with Gasteiger partial charge in [0.15, 0.2) is 0 Å². The van der Waals surface area contributed by atoms with Gasteiger partial charge in [0, 0.05) is 12.0 Å². The van der Waals surface area contributed by atoms with E-state index in [0.29, 0.717) is 0 Å². The number of nitrogens with one attached hydrogen (secondary N) is 2. The first-order valence-electron chi connectivity index (χ1n) is 6.96. The number of rotatable bonds is 4. The standard InChI is InChI=1S/C15H21N3O2.ClH/c16-14(17)12-6-8-13(9-7-12)18-15(19)20-10-11-4-2-1-3-5-11;/h1-5,12-13H,6-10H2,(H3,16,17)(H,18,19);1H. The predicted molar refractivity (Wildman–Crippen MR) is 84.7 cm³/mol. The van der Waals surface area contributed by atoms with Gasteiger partial charge in [-0.25, -0.2) is 4.79 Å². The van der Waals surface area contributed by atoms with E-state index in [9.17, 15) is 4.79 Å². The van der Waals surface area contributed by atoms with Gasteiger partial charge in [0.05, 0.1) is 5.84 Å².